The van der Waals surface area contributed by atoms with E-state index < -0.39 is 12.7 Å². The molecule has 168 valence electrons. The number of benzene rings is 1. The number of halogens is 1. The Balaban J connectivity index is 3.20. The fourth-order valence-corrected chi connectivity index (χ4v) is 6.90. The zero-order valence-electron chi connectivity index (χ0n) is 18.2. The van der Waals surface area contributed by atoms with Gasteiger partial charge in [-0.25, -0.2) is 9.79 Å². The molecule has 9 heteroatoms. The van der Waals surface area contributed by atoms with E-state index in [9.17, 15) is 9.36 Å². The number of aliphatic imine (C=N–C) groups is 1. The van der Waals surface area contributed by atoms with Crippen molar-refractivity contribution in [1.29, 1.82) is 0 Å². The molecule has 0 saturated carbocycles. The van der Waals surface area contributed by atoms with Gasteiger partial charge in [0.1, 0.15) is 0 Å². The number of unbranched alkanes of at least 4 members (excludes halogenated alkanes) is 2. The first-order chi connectivity index (χ1) is 14.4. The summed E-state index contributed by atoms with van der Waals surface area (Å²) in [6.07, 6.45) is 6.75. The van der Waals surface area contributed by atoms with Crippen molar-refractivity contribution >= 4 is 52.0 Å². The molecule has 0 saturated heterocycles. The van der Waals surface area contributed by atoms with Crippen LogP contribution in [0.25, 0.3) is 0 Å². The molecule has 1 atom stereocenters. The van der Waals surface area contributed by atoms with Crippen LogP contribution in [0.3, 0.4) is 0 Å². The van der Waals surface area contributed by atoms with Crippen molar-refractivity contribution < 1.29 is 18.6 Å². The second kappa shape index (κ2) is 14.8. The Morgan fingerprint density at radius 1 is 1.27 bits per heavy atom. The van der Waals surface area contributed by atoms with Crippen molar-refractivity contribution in [2.75, 3.05) is 26.0 Å². The van der Waals surface area contributed by atoms with E-state index in [4.69, 9.17) is 9.26 Å². The summed E-state index contributed by atoms with van der Waals surface area (Å²) >= 11 is 4.79. The van der Waals surface area contributed by atoms with Crippen molar-refractivity contribution in [1.82, 2.24) is 4.67 Å². The molecule has 0 fully saturated rings. The summed E-state index contributed by atoms with van der Waals surface area (Å²) in [6.45, 7) is 3.35. The zero-order chi connectivity index (χ0) is 22.4. The largest absolute Gasteiger partial charge is 0.466 e. The van der Waals surface area contributed by atoms with Gasteiger partial charge < -0.3 is 9.26 Å². The Bertz CT molecular complexity index is 773. The van der Waals surface area contributed by atoms with Crippen LogP contribution in [0.15, 0.2) is 45.4 Å². The third-order valence-electron chi connectivity index (χ3n) is 3.93. The number of rotatable bonds is 14. The van der Waals surface area contributed by atoms with E-state index in [-0.39, 0.29) is 6.54 Å². The van der Waals surface area contributed by atoms with Gasteiger partial charge in [0.15, 0.2) is 0 Å². The Labute approximate surface area is 192 Å². The molecule has 0 N–H and O–H groups in total. The van der Waals surface area contributed by atoms with Crippen LogP contribution in [-0.2, 0) is 18.6 Å². The molecule has 0 aliphatic heterocycles. The molecule has 0 bridgehead atoms. The Morgan fingerprint density at radius 3 is 2.63 bits per heavy atom. The van der Waals surface area contributed by atoms with Crippen LogP contribution in [0.5, 0.6) is 0 Å². The van der Waals surface area contributed by atoms with Gasteiger partial charge in [-0.3, -0.25) is 9.24 Å². The van der Waals surface area contributed by atoms with Crippen LogP contribution >= 0.6 is 34.0 Å². The highest BCUT2D eigenvalue weighted by Gasteiger charge is 2.31. The maximum absolute atomic E-state index is 13.9. The number of para-hydroxylation sites is 1. The smallest absolute Gasteiger partial charge is 0.354 e. The Kier molecular flexibility index (Phi) is 13.3. The number of carbonyl (C=O) groups excluding carboxylic acids is 1. The summed E-state index contributed by atoms with van der Waals surface area (Å²) in [6, 6.07) is 7.55. The molecule has 0 radical (unpaired) electrons. The summed E-state index contributed by atoms with van der Waals surface area (Å²) in [5, 5.41) is 0. The number of ether oxygens (including phenoxy) is 1. The maximum atomic E-state index is 13.9. The molecule has 0 heterocycles. The summed E-state index contributed by atoms with van der Waals surface area (Å²) < 4.78 is 27.0. The predicted octanol–water partition coefficient (Wildman–Crippen LogP) is 6.99. The first kappa shape index (κ1) is 27.0. The van der Waals surface area contributed by atoms with Gasteiger partial charge in [-0.2, -0.15) is 0 Å². The van der Waals surface area contributed by atoms with Crippen molar-refractivity contribution in [3.05, 3.63) is 40.4 Å². The molecule has 6 nitrogen and oxygen atoms in total. The molecule has 1 unspecified atom stereocenters. The van der Waals surface area contributed by atoms with E-state index in [1.165, 1.54) is 24.6 Å². The third kappa shape index (κ3) is 9.82. The standard InChI is InChI=1S/C21H32BrN2O4PS/c1-5-7-10-13-28-29(26,30-14-6-2)24(16-18(3)15-21(25)27-4)17-23-20-12-9-8-11-19(20)22/h8-9,11-12,15,17H,5-7,10,13-14,16H2,1-4H3. The highest BCUT2D eigenvalue weighted by molar-refractivity contribution is 9.10. The van der Waals surface area contributed by atoms with E-state index in [2.05, 4.69) is 27.8 Å². The minimum Gasteiger partial charge on any atom is -0.466 e. The lowest BCUT2D eigenvalue weighted by atomic mass is 10.3. The molecular weight excluding hydrogens is 487 g/mol. The van der Waals surface area contributed by atoms with Crippen molar-refractivity contribution in [2.45, 2.75) is 46.5 Å². The van der Waals surface area contributed by atoms with Gasteiger partial charge in [0.05, 0.1) is 25.7 Å². The van der Waals surface area contributed by atoms with Gasteiger partial charge in [0.25, 0.3) is 0 Å². The number of methoxy groups -OCH3 is 1. The molecule has 1 aromatic rings. The van der Waals surface area contributed by atoms with E-state index in [1.54, 1.807) is 17.9 Å². The monoisotopic (exact) mass is 518 g/mol. The summed E-state index contributed by atoms with van der Waals surface area (Å²) in [5.74, 6) is 0.250. The van der Waals surface area contributed by atoms with Crippen molar-refractivity contribution in [2.24, 2.45) is 4.99 Å². The molecule has 0 spiro atoms. The van der Waals surface area contributed by atoms with Gasteiger partial charge >= 0.3 is 12.7 Å². The molecule has 0 aliphatic rings. The molecule has 0 aliphatic carbocycles. The molecule has 1 rings (SSSR count). The predicted molar refractivity (Wildman–Crippen MR) is 131 cm³/mol. The molecular formula is C21H32BrN2O4PS. The van der Waals surface area contributed by atoms with Crippen LogP contribution in [0.4, 0.5) is 5.69 Å². The number of nitrogens with zero attached hydrogens (tertiary/aromatic N) is 2. The first-order valence-corrected chi connectivity index (χ1v) is 14.0. The number of hydrogen-bond acceptors (Lipinski definition) is 6. The topological polar surface area (TPSA) is 68.2 Å². The van der Waals surface area contributed by atoms with Gasteiger partial charge in [0, 0.05) is 22.8 Å². The molecule has 0 amide bonds. The lowest BCUT2D eigenvalue weighted by Crippen LogP contribution is -2.22. The number of esters is 1. The second-order valence-electron chi connectivity index (χ2n) is 6.65. The second-order valence-corrected chi connectivity index (χ2v) is 12.0. The highest BCUT2D eigenvalue weighted by Crippen LogP contribution is 2.62. The first-order valence-electron chi connectivity index (χ1n) is 10.1. The third-order valence-corrected chi connectivity index (χ3v) is 9.38. The van der Waals surface area contributed by atoms with E-state index >= 15 is 0 Å². The Hall–Kier alpha value is -1.08. The SMILES string of the molecule is CCCCCOP(=O)(SCCC)N(C=Nc1ccccc1Br)CC(C)=CC(=O)OC. The van der Waals surface area contributed by atoms with E-state index in [0.29, 0.717) is 17.9 Å². The van der Waals surface area contributed by atoms with Crippen LogP contribution in [0, 0.1) is 0 Å². The van der Waals surface area contributed by atoms with Gasteiger partial charge in [-0.05, 0) is 64.8 Å². The van der Waals surface area contributed by atoms with Crippen LogP contribution < -0.4 is 0 Å². The Morgan fingerprint density at radius 2 is 2.00 bits per heavy atom. The molecule has 30 heavy (non-hydrogen) atoms. The van der Waals surface area contributed by atoms with Crippen LogP contribution in [-0.4, -0.2) is 43.0 Å². The van der Waals surface area contributed by atoms with Crippen molar-refractivity contribution in [3.63, 3.8) is 0 Å². The van der Waals surface area contributed by atoms with Crippen LogP contribution in [0.2, 0.25) is 0 Å². The fraction of sp³-hybridized carbons (Fsp3) is 0.524. The maximum Gasteiger partial charge on any atom is 0.354 e. The summed E-state index contributed by atoms with van der Waals surface area (Å²) in [7, 11) is 1.33. The molecule has 0 aromatic heterocycles. The van der Waals surface area contributed by atoms with Gasteiger partial charge in [-0.1, -0.05) is 38.8 Å². The minimum atomic E-state index is -3.25. The minimum absolute atomic E-state index is 0.241. The lowest BCUT2D eigenvalue weighted by molar-refractivity contribution is -0.134. The quantitative estimate of drug-likeness (QED) is 0.0659. The fourth-order valence-electron chi connectivity index (χ4n) is 2.36. The van der Waals surface area contributed by atoms with Gasteiger partial charge in [-0.15, -0.1) is 0 Å². The average Bonchev–Trinajstić information content (AvgIpc) is 2.73. The number of hydrogen-bond donors (Lipinski definition) is 0. The summed E-state index contributed by atoms with van der Waals surface area (Å²) in [5.41, 5.74) is 1.42. The van der Waals surface area contributed by atoms with Gasteiger partial charge in [0.2, 0.25) is 0 Å². The molecule has 1 aromatic carbocycles. The highest BCUT2D eigenvalue weighted by atomic mass is 79.9. The van der Waals surface area contributed by atoms with Crippen LogP contribution in [0.1, 0.15) is 46.5 Å². The zero-order valence-corrected chi connectivity index (χ0v) is 21.5. The van der Waals surface area contributed by atoms with Crippen molar-refractivity contribution in [3.8, 4) is 0 Å². The number of carbonyl (C=O) groups is 1. The van der Waals surface area contributed by atoms with E-state index in [0.717, 1.165) is 35.8 Å². The summed E-state index contributed by atoms with van der Waals surface area (Å²) in [4.78, 5) is 16.2. The normalized spacial score (nSPS) is 14.0. The van der Waals surface area contributed by atoms with E-state index in [1.807, 2.05) is 31.2 Å². The average molecular weight is 519 g/mol. The lowest BCUT2D eigenvalue weighted by Gasteiger charge is -2.29.